The van der Waals surface area contributed by atoms with Gasteiger partial charge in [-0.1, -0.05) is 11.8 Å². The van der Waals surface area contributed by atoms with E-state index in [4.69, 9.17) is 10.5 Å². The zero-order valence-electron chi connectivity index (χ0n) is 8.06. The van der Waals surface area contributed by atoms with Gasteiger partial charge in [-0.05, 0) is 13.3 Å². The second-order valence-corrected chi connectivity index (χ2v) is 4.59. The van der Waals surface area contributed by atoms with Crippen LogP contribution in [0, 0.1) is 6.92 Å². The maximum absolute atomic E-state index is 5.97. The van der Waals surface area contributed by atoms with Crippen molar-refractivity contribution >= 4 is 11.8 Å². The number of thioether (sulfide) groups is 1. The molecular formula is C8H14N4OS. The Morgan fingerprint density at radius 2 is 2.50 bits per heavy atom. The molecule has 0 aromatic carbocycles. The van der Waals surface area contributed by atoms with Gasteiger partial charge in [-0.25, -0.2) is 4.98 Å². The van der Waals surface area contributed by atoms with E-state index >= 15 is 0 Å². The summed E-state index contributed by atoms with van der Waals surface area (Å²) in [5.74, 6) is 0.831. The first-order chi connectivity index (χ1) is 6.75. The predicted octanol–water partition coefficient (Wildman–Crippen LogP) is 0.321. The number of aromatic nitrogens is 3. The van der Waals surface area contributed by atoms with Crippen LogP contribution in [0.2, 0.25) is 0 Å². The molecule has 2 rings (SSSR count). The summed E-state index contributed by atoms with van der Waals surface area (Å²) in [7, 11) is 0. The summed E-state index contributed by atoms with van der Waals surface area (Å²) >= 11 is 1.59. The number of nitrogens with one attached hydrogen (secondary N) is 1. The van der Waals surface area contributed by atoms with Crippen molar-refractivity contribution in [1.82, 2.24) is 15.2 Å². The SMILES string of the molecule is Cc1nc(SC2COCCC2N)n[nH]1. The highest BCUT2D eigenvalue weighted by Crippen LogP contribution is 2.25. The number of nitrogens with two attached hydrogens (primary N) is 1. The molecule has 1 aliphatic rings. The fourth-order valence-corrected chi connectivity index (χ4v) is 2.39. The first kappa shape index (κ1) is 9.95. The van der Waals surface area contributed by atoms with Crippen molar-refractivity contribution in [3.63, 3.8) is 0 Å². The number of hydrogen-bond donors (Lipinski definition) is 2. The van der Waals surface area contributed by atoms with Gasteiger partial charge in [-0.3, -0.25) is 5.10 Å². The maximum atomic E-state index is 5.97. The Morgan fingerprint density at radius 1 is 1.64 bits per heavy atom. The van der Waals surface area contributed by atoms with Crippen LogP contribution >= 0.6 is 11.8 Å². The van der Waals surface area contributed by atoms with Gasteiger partial charge >= 0.3 is 0 Å². The molecule has 2 heterocycles. The molecule has 2 atom stereocenters. The highest BCUT2D eigenvalue weighted by atomic mass is 32.2. The minimum atomic E-state index is 0.188. The lowest BCUT2D eigenvalue weighted by Gasteiger charge is -2.26. The fourth-order valence-electron chi connectivity index (χ4n) is 1.36. The van der Waals surface area contributed by atoms with Crippen molar-refractivity contribution in [1.29, 1.82) is 0 Å². The number of aryl methyl sites for hydroxylation is 1. The molecule has 1 fully saturated rings. The van der Waals surface area contributed by atoms with Crippen LogP contribution in [0.4, 0.5) is 0 Å². The number of hydrogen-bond acceptors (Lipinski definition) is 5. The summed E-state index contributed by atoms with van der Waals surface area (Å²) in [5.41, 5.74) is 5.97. The topological polar surface area (TPSA) is 76.8 Å². The molecule has 0 radical (unpaired) electrons. The maximum Gasteiger partial charge on any atom is 0.208 e. The second-order valence-electron chi connectivity index (χ2n) is 3.39. The third-order valence-electron chi connectivity index (χ3n) is 2.19. The smallest absolute Gasteiger partial charge is 0.208 e. The van der Waals surface area contributed by atoms with Gasteiger partial charge in [-0.15, -0.1) is 5.10 Å². The Morgan fingerprint density at radius 3 is 3.14 bits per heavy atom. The quantitative estimate of drug-likeness (QED) is 0.741. The van der Waals surface area contributed by atoms with Crippen molar-refractivity contribution in [2.45, 2.75) is 29.8 Å². The molecule has 0 bridgehead atoms. The van der Waals surface area contributed by atoms with Gasteiger partial charge in [-0.2, -0.15) is 0 Å². The van der Waals surface area contributed by atoms with Crippen molar-refractivity contribution in [3.8, 4) is 0 Å². The van der Waals surface area contributed by atoms with Crippen LogP contribution < -0.4 is 5.73 Å². The Hall–Kier alpha value is -0.590. The van der Waals surface area contributed by atoms with E-state index in [2.05, 4.69) is 15.2 Å². The van der Waals surface area contributed by atoms with Gasteiger partial charge in [0.1, 0.15) is 5.82 Å². The van der Waals surface area contributed by atoms with E-state index in [1.54, 1.807) is 11.8 Å². The van der Waals surface area contributed by atoms with Crippen LogP contribution in [0.25, 0.3) is 0 Å². The van der Waals surface area contributed by atoms with E-state index in [9.17, 15) is 0 Å². The first-order valence-corrected chi connectivity index (χ1v) is 5.52. The standard InChI is InChI=1S/C8H14N4OS/c1-5-10-8(12-11-5)14-7-4-13-3-2-6(7)9/h6-7H,2-4,9H2,1H3,(H,10,11,12). The van der Waals surface area contributed by atoms with Crippen molar-refractivity contribution < 1.29 is 4.74 Å². The summed E-state index contributed by atoms with van der Waals surface area (Å²) in [4.78, 5) is 4.22. The van der Waals surface area contributed by atoms with Gasteiger partial charge < -0.3 is 10.5 Å². The van der Waals surface area contributed by atoms with E-state index in [0.717, 1.165) is 24.0 Å². The molecule has 2 unspecified atom stereocenters. The molecule has 14 heavy (non-hydrogen) atoms. The van der Waals surface area contributed by atoms with Crippen molar-refractivity contribution in [2.24, 2.45) is 5.73 Å². The lowest BCUT2D eigenvalue weighted by molar-refractivity contribution is 0.0915. The highest BCUT2D eigenvalue weighted by molar-refractivity contribution is 7.99. The minimum absolute atomic E-state index is 0.188. The number of ether oxygens (including phenoxy) is 1. The molecule has 1 aromatic rings. The van der Waals surface area contributed by atoms with Crippen LogP contribution in [-0.2, 0) is 4.74 Å². The molecule has 1 saturated heterocycles. The molecule has 5 nitrogen and oxygen atoms in total. The molecule has 1 aliphatic heterocycles. The van der Waals surface area contributed by atoms with Crippen molar-refractivity contribution in [2.75, 3.05) is 13.2 Å². The molecule has 0 saturated carbocycles. The zero-order chi connectivity index (χ0) is 9.97. The third kappa shape index (κ3) is 2.26. The minimum Gasteiger partial charge on any atom is -0.380 e. The number of H-pyrrole nitrogens is 1. The summed E-state index contributed by atoms with van der Waals surface area (Å²) in [5, 5.41) is 7.90. The number of nitrogens with zero attached hydrogens (tertiary/aromatic N) is 2. The van der Waals surface area contributed by atoms with E-state index in [-0.39, 0.29) is 11.3 Å². The van der Waals surface area contributed by atoms with Crippen LogP contribution in [0.3, 0.4) is 0 Å². The van der Waals surface area contributed by atoms with Crippen molar-refractivity contribution in [3.05, 3.63) is 5.82 Å². The predicted molar refractivity (Wildman–Crippen MR) is 54.2 cm³/mol. The molecule has 3 N–H and O–H groups in total. The van der Waals surface area contributed by atoms with E-state index in [1.165, 1.54) is 0 Å². The summed E-state index contributed by atoms with van der Waals surface area (Å²) < 4.78 is 5.36. The lowest BCUT2D eigenvalue weighted by Crippen LogP contribution is -2.40. The van der Waals surface area contributed by atoms with Gasteiger partial charge in [0.25, 0.3) is 0 Å². The summed E-state index contributed by atoms with van der Waals surface area (Å²) in [6, 6.07) is 0.188. The zero-order valence-corrected chi connectivity index (χ0v) is 8.88. The monoisotopic (exact) mass is 214 g/mol. The third-order valence-corrected chi connectivity index (χ3v) is 3.37. The average Bonchev–Trinajstić information content (AvgIpc) is 2.56. The molecule has 78 valence electrons. The van der Waals surface area contributed by atoms with Gasteiger partial charge in [0.15, 0.2) is 0 Å². The van der Waals surface area contributed by atoms with E-state index in [1.807, 2.05) is 6.92 Å². The van der Waals surface area contributed by atoms with Crippen LogP contribution in [0.1, 0.15) is 12.2 Å². The number of aromatic amines is 1. The second kappa shape index (κ2) is 4.29. The van der Waals surface area contributed by atoms with Crippen LogP contribution in [0.15, 0.2) is 5.16 Å². The molecule has 1 aromatic heterocycles. The molecule has 0 aliphatic carbocycles. The normalized spacial score (nSPS) is 27.9. The summed E-state index contributed by atoms with van der Waals surface area (Å²) in [6.45, 7) is 3.35. The largest absolute Gasteiger partial charge is 0.380 e. The Bertz CT molecular complexity index is 303. The van der Waals surface area contributed by atoms with Gasteiger partial charge in [0.2, 0.25) is 5.16 Å². The van der Waals surface area contributed by atoms with Gasteiger partial charge in [0.05, 0.1) is 11.9 Å². The lowest BCUT2D eigenvalue weighted by atomic mass is 10.1. The Labute approximate surface area is 86.8 Å². The van der Waals surface area contributed by atoms with Crippen LogP contribution in [-0.4, -0.2) is 39.7 Å². The molecular weight excluding hydrogens is 200 g/mol. The van der Waals surface area contributed by atoms with Gasteiger partial charge in [0, 0.05) is 12.6 Å². The van der Waals surface area contributed by atoms with Crippen LogP contribution in [0.5, 0.6) is 0 Å². The molecule has 0 spiro atoms. The summed E-state index contributed by atoms with van der Waals surface area (Å²) in [6.07, 6.45) is 0.918. The fraction of sp³-hybridized carbons (Fsp3) is 0.750. The molecule has 6 heteroatoms. The Kier molecular flexibility index (Phi) is 3.05. The number of rotatable bonds is 2. The molecule has 0 amide bonds. The van der Waals surface area contributed by atoms with E-state index in [0.29, 0.717) is 6.61 Å². The average molecular weight is 214 g/mol. The Balaban J connectivity index is 1.95. The first-order valence-electron chi connectivity index (χ1n) is 4.64. The highest BCUT2D eigenvalue weighted by Gasteiger charge is 2.24. The van der Waals surface area contributed by atoms with E-state index < -0.39 is 0 Å².